The van der Waals surface area contributed by atoms with Gasteiger partial charge in [0, 0.05) is 5.69 Å². The molecule has 7 heteroatoms. The van der Waals surface area contributed by atoms with E-state index >= 15 is 0 Å². The van der Waals surface area contributed by atoms with Crippen molar-refractivity contribution in [3.05, 3.63) is 30.3 Å². The number of anilines is 1. The molecule has 2 amide bonds. The number of carbonyl (C=O) groups is 2. The quantitative estimate of drug-likeness (QED) is 0.423. The molecule has 1 unspecified atom stereocenters. The van der Waals surface area contributed by atoms with E-state index in [1.807, 2.05) is 0 Å². The lowest BCUT2D eigenvalue weighted by atomic mass is 10.1. The number of rotatable bonds is 7. The van der Waals surface area contributed by atoms with Crippen molar-refractivity contribution in [3.63, 3.8) is 0 Å². The molecule has 1 radical (unpaired) electrons. The predicted molar refractivity (Wildman–Crippen MR) is 69.4 cm³/mol. The van der Waals surface area contributed by atoms with E-state index in [9.17, 15) is 14.4 Å². The second-order valence-corrected chi connectivity index (χ2v) is 3.79. The van der Waals surface area contributed by atoms with Crippen molar-refractivity contribution in [2.24, 2.45) is 11.6 Å². The Morgan fingerprint density at radius 1 is 1.32 bits per heavy atom. The third kappa shape index (κ3) is 4.16. The van der Waals surface area contributed by atoms with Crippen LogP contribution in [0.25, 0.3) is 0 Å². The molecule has 0 spiro atoms. The van der Waals surface area contributed by atoms with Crippen molar-refractivity contribution in [2.75, 3.05) is 11.4 Å². The average Bonchev–Trinajstić information content (AvgIpc) is 2.42. The van der Waals surface area contributed by atoms with E-state index in [1.54, 1.807) is 36.6 Å². The van der Waals surface area contributed by atoms with Crippen molar-refractivity contribution >= 4 is 23.8 Å². The summed E-state index contributed by atoms with van der Waals surface area (Å²) < 4.78 is 0. The molecular weight excluding hydrogens is 248 g/mol. The van der Waals surface area contributed by atoms with E-state index in [0.29, 0.717) is 5.69 Å². The summed E-state index contributed by atoms with van der Waals surface area (Å²) in [6.45, 7) is -0.250. The van der Waals surface area contributed by atoms with Gasteiger partial charge in [0.25, 0.3) is 0 Å². The molecule has 0 bridgehead atoms. The summed E-state index contributed by atoms with van der Waals surface area (Å²) in [4.78, 5) is 34.8. The monoisotopic (exact) mass is 263 g/mol. The highest BCUT2D eigenvalue weighted by molar-refractivity contribution is 6.01. The Bertz CT molecular complexity index is 450. The normalized spacial score (nSPS) is 11.6. The van der Waals surface area contributed by atoms with Crippen molar-refractivity contribution in [3.8, 4) is 0 Å². The zero-order valence-electron chi connectivity index (χ0n) is 10.2. The Kier molecular flexibility index (Phi) is 5.65. The maximum Gasteiger partial charge on any atom is 0.246 e. The van der Waals surface area contributed by atoms with Crippen LogP contribution in [-0.2, 0) is 14.4 Å². The molecule has 19 heavy (non-hydrogen) atoms. The predicted octanol–water partition coefficient (Wildman–Crippen LogP) is -1.16. The lowest BCUT2D eigenvalue weighted by molar-refractivity contribution is -0.125. The third-order valence-electron chi connectivity index (χ3n) is 2.46. The molecule has 0 aliphatic carbocycles. The number of benzene rings is 1. The van der Waals surface area contributed by atoms with Crippen LogP contribution in [0, 0.1) is 0 Å². The molecule has 0 heterocycles. The van der Waals surface area contributed by atoms with Gasteiger partial charge in [-0.25, -0.2) is 5.43 Å². The third-order valence-corrected chi connectivity index (χ3v) is 2.46. The van der Waals surface area contributed by atoms with Crippen molar-refractivity contribution in [1.29, 1.82) is 0 Å². The second kappa shape index (κ2) is 7.24. The van der Waals surface area contributed by atoms with Gasteiger partial charge < -0.3 is 10.6 Å². The molecule has 1 aromatic rings. The van der Waals surface area contributed by atoms with Crippen LogP contribution in [-0.4, -0.2) is 30.7 Å². The number of hydrogen-bond acceptors (Lipinski definition) is 5. The minimum atomic E-state index is -0.981. The lowest BCUT2D eigenvalue weighted by Crippen LogP contribution is -2.51. The summed E-state index contributed by atoms with van der Waals surface area (Å²) in [5, 5.41) is 0. The van der Waals surface area contributed by atoms with Gasteiger partial charge in [0.05, 0.1) is 13.0 Å². The number of para-hydroxylation sites is 1. The second-order valence-electron chi connectivity index (χ2n) is 3.79. The molecule has 0 aromatic heterocycles. The summed E-state index contributed by atoms with van der Waals surface area (Å²) in [6, 6.07) is 7.56. The smallest absolute Gasteiger partial charge is 0.246 e. The summed E-state index contributed by atoms with van der Waals surface area (Å²) in [7, 11) is 0. The fraction of sp³-hybridized carbons (Fsp3) is 0.250. The van der Waals surface area contributed by atoms with Crippen LogP contribution in [0.4, 0.5) is 5.69 Å². The minimum absolute atomic E-state index is 0.250. The molecule has 7 nitrogen and oxygen atoms in total. The summed E-state index contributed by atoms with van der Waals surface area (Å²) in [5.74, 6) is 4.05. The van der Waals surface area contributed by atoms with Gasteiger partial charge in [-0.05, 0) is 12.1 Å². The van der Waals surface area contributed by atoms with Gasteiger partial charge in [-0.1, -0.05) is 18.2 Å². The Morgan fingerprint density at radius 3 is 2.42 bits per heavy atom. The summed E-state index contributed by atoms with van der Waals surface area (Å²) in [5.41, 5.74) is 7.77. The van der Waals surface area contributed by atoms with Gasteiger partial charge >= 0.3 is 0 Å². The zero-order valence-corrected chi connectivity index (χ0v) is 10.2. The number of nitrogens with two attached hydrogens (primary N) is 2. The van der Waals surface area contributed by atoms with Crippen LogP contribution in [0.2, 0.25) is 0 Å². The van der Waals surface area contributed by atoms with Crippen molar-refractivity contribution < 1.29 is 14.4 Å². The van der Waals surface area contributed by atoms with Crippen LogP contribution >= 0.6 is 0 Å². The lowest BCUT2D eigenvalue weighted by Gasteiger charge is -2.24. The van der Waals surface area contributed by atoms with E-state index in [-0.39, 0.29) is 13.0 Å². The average molecular weight is 263 g/mol. The van der Waals surface area contributed by atoms with E-state index in [1.165, 1.54) is 4.90 Å². The first kappa shape index (κ1) is 14.8. The Morgan fingerprint density at radius 2 is 1.95 bits per heavy atom. The van der Waals surface area contributed by atoms with E-state index < -0.39 is 17.9 Å². The van der Waals surface area contributed by atoms with Gasteiger partial charge in [0.15, 0.2) is 0 Å². The zero-order chi connectivity index (χ0) is 14.3. The number of nitrogens with zero attached hydrogens (tertiary/aromatic N) is 1. The standard InChI is InChI=1S/C12H15N4O3/c13-11(18)8-10(15-14)12(19)16(6-7-17)9-4-2-1-3-5-9/h1-5,10,15H,6,8,14H2,(H2,13,18). The van der Waals surface area contributed by atoms with E-state index in [0.717, 1.165) is 0 Å². The molecule has 101 valence electrons. The molecule has 0 saturated carbocycles. The van der Waals surface area contributed by atoms with Crippen LogP contribution in [0.3, 0.4) is 0 Å². The van der Waals surface area contributed by atoms with Crippen molar-refractivity contribution in [2.45, 2.75) is 12.5 Å². The topological polar surface area (TPSA) is 119 Å². The van der Waals surface area contributed by atoms with Crippen molar-refractivity contribution in [1.82, 2.24) is 5.43 Å². The van der Waals surface area contributed by atoms with E-state index in [4.69, 9.17) is 11.6 Å². The number of hydrazine groups is 1. The molecule has 0 aliphatic heterocycles. The molecule has 0 aliphatic rings. The maximum absolute atomic E-state index is 12.2. The van der Waals surface area contributed by atoms with Gasteiger partial charge in [-0.3, -0.25) is 20.2 Å². The first-order valence-electron chi connectivity index (χ1n) is 5.56. The molecule has 5 N–H and O–H groups in total. The van der Waals surface area contributed by atoms with Gasteiger partial charge in [-0.2, -0.15) is 0 Å². The molecular formula is C12H15N4O3. The number of nitrogens with one attached hydrogen (secondary N) is 1. The largest absolute Gasteiger partial charge is 0.370 e. The first-order chi connectivity index (χ1) is 9.10. The molecule has 1 atom stereocenters. The molecule has 1 aromatic carbocycles. The Balaban J connectivity index is 2.95. The fourth-order valence-corrected chi connectivity index (χ4v) is 1.58. The van der Waals surface area contributed by atoms with Crippen LogP contribution < -0.4 is 21.9 Å². The van der Waals surface area contributed by atoms with Crippen LogP contribution in [0.15, 0.2) is 30.3 Å². The highest BCUT2D eigenvalue weighted by atomic mass is 16.2. The van der Waals surface area contributed by atoms with Gasteiger partial charge in [0.1, 0.15) is 6.04 Å². The Hall–Kier alpha value is -2.25. The number of hydrogen-bond donors (Lipinski definition) is 3. The number of amides is 2. The number of primary amides is 1. The van der Waals surface area contributed by atoms with Crippen LogP contribution in [0.5, 0.6) is 0 Å². The highest BCUT2D eigenvalue weighted by Gasteiger charge is 2.25. The number of carbonyl (C=O) groups excluding carboxylic acids is 3. The summed E-state index contributed by atoms with van der Waals surface area (Å²) >= 11 is 0. The molecule has 0 fully saturated rings. The molecule has 0 saturated heterocycles. The first-order valence-corrected chi connectivity index (χ1v) is 5.56. The molecule has 1 rings (SSSR count). The minimum Gasteiger partial charge on any atom is -0.370 e. The van der Waals surface area contributed by atoms with Crippen LogP contribution in [0.1, 0.15) is 6.42 Å². The highest BCUT2D eigenvalue weighted by Crippen LogP contribution is 2.14. The SMILES string of the molecule is NNC(CC(N)=O)C(=O)N(C[C]=O)c1ccccc1. The van der Waals surface area contributed by atoms with Gasteiger partial charge in [0.2, 0.25) is 18.1 Å². The van der Waals surface area contributed by atoms with E-state index in [2.05, 4.69) is 5.43 Å². The maximum atomic E-state index is 12.2. The Labute approximate surface area is 110 Å². The van der Waals surface area contributed by atoms with Gasteiger partial charge in [-0.15, -0.1) is 0 Å². The summed E-state index contributed by atoms with van der Waals surface area (Å²) in [6.07, 6.45) is 1.40. The fourth-order valence-electron chi connectivity index (χ4n) is 1.58.